The van der Waals surface area contributed by atoms with Gasteiger partial charge in [-0.05, 0) is 171 Å². The zero-order valence-electron chi connectivity index (χ0n) is 63.3. The summed E-state index contributed by atoms with van der Waals surface area (Å²) in [7, 11) is 4.13. The van der Waals surface area contributed by atoms with Crippen LogP contribution in [0.3, 0.4) is 0 Å². The Balaban J connectivity index is 0.000000165. The molecule has 8 nitrogen and oxygen atoms in total. The van der Waals surface area contributed by atoms with Gasteiger partial charge in [-0.3, -0.25) is 15.0 Å². The smallest absolute Gasteiger partial charge is 0.159 e. The maximum absolute atomic E-state index is 6.15. The second-order valence-electron chi connectivity index (χ2n) is 26.7. The molecule has 554 valence electrons. The van der Waals surface area contributed by atoms with E-state index >= 15 is 0 Å². The quantitative estimate of drug-likeness (QED) is 0.0692. The van der Waals surface area contributed by atoms with Gasteiger partial charge in [0.25, 0.3) is 0 Å². The summed E-state index contributed by atoms with van der Waals surface area (Å²) in [6, 6.07) is 105. The first-order valence-electron chi connectivity index (χ1n) is 35.5. The van der Waals surface area contributed by atoms with Crippen LogP contribution in [-0.4, -0.2) is 29.3 Å². The Morgan fingerprint density at radius 3 is 1.14 bits per heavy atom. The van der Waals surface area contributed by atoms with Crippen molar-refractivity contribution in [1.82, 2.24) is 29.3 Å². The van der Waals surface area contributed by atoms with Crippen LogP contribution in [0.4, 0.5) is 0 Å². The fourth-order valence-electron chi connectivity index (χ4n) is 14.2. The molecular formula is C96H84N7ORh4S-3. The van der Waals surface area contributed by atoms with E-state index in [1.54, 1.807) is 11.3 Å². The topological polar surface area (TPSA) is 78.4 Å². The van der Waals surface area contributed by atoms with Crippen molar-refractivity contribution in [2.75, 3.05) is 0 Å². The molecule has 4 heterocycles. The van der Waals surface area contributed by atoms with Gasteiger partial charge in [-0.2, -0.15) is 29.5 Å². The maximum atomic E-state index is 6.15. The largest absolute Gasteiger partial charge is 0.481 e. The molecule has 0 aliphatic carbocycles. The molecule has 0 saturated heterocycles. The molecule has 0 atom stereocenters. The molecule has 109 heavy (non-hydrogen) atoms. The zero-order valence-corrected chi connectivity index (χ0v) is 70.6. The van der Waals surface area contributed by atoms with Crippen LogP contribution < -0.4 is 4.80 Å². The van der Waals surface area contributed by atoms with Crippen molar-refractivity contribution >= 4 is 11.3 Å². The van der Waals surface area contributed by atoms with Crippen molar-refractivity contribution in [3.63, 3.8) is 0 Å². The summed E-state index contributed by atoms with van der Waals surface area (Å²) >= 11 is 1.75. The molecule has 0 fully saturated rings. The van der Waals surface area contributed by atoms with Crippen molar-refractivity contribution in [3.05, 3.63) is 359 Å². The van der Waals surface area contributed by atoms with Gasteiger partial charge < -0.3 is 8.98 Å². The molecule has 13 heteroatoms. The van der Waals surface area contributed by atoms with Crippen LogP contribution >= 0.6 is 11.3 Å². The number of rotatable bonds is 12. The first-order valence-corrected chi connectivity index (χ1v) is 36.3. The number of aromatic nitrogens is 7. The summed E-state index contributed by atoms with van der Waals surface area (Å²) in [5.74, 6) is 2.41. The summed E-state index contributed by atoms with van der Waals surface area (Å²) in [4.78, 5) is 17.4. The van der Waals surface area contributed by atoms with E-state index in [4.69, 9.17) is 14.4 Å². The van der Waals surface area contributed by atoms with Gasteiger partial charge in [0, 0.05) is 127 Å². The number of nitrogens with zero attached hydrogens (tertiary/aromatic N) is 7. The average molecular weight is 1800 g/mol. The van der Waals surface area contributed by atoms with Crippen LogP contribution in [0.15, 0.2) is 278 Å². The molecule has 0 spiro atoms. The monoisotopic (exact) mass is 1790 g/mol. The van der Waals surface area contributed by atoms with E-state index in [1.165, 1.54) is 116 Å². The van der Waals surface area contributed by atoms with Gasteiger partial charge in [0.15, 0.2) is 5.69 Å². The number of oxazole rings is 1. The predicted octanol–water partition coefficient (Wildman–Crippen LogP) is 23.9. The Kier molecular flexibility index (Phi) is 29.1. The Morgan fingerprint density at radius 2 is 0.725 bits per heavy atom. The number of imidazole rings is 1. The molecule has 4 radical (unpaired) electrons. The van der Waals surface area contributed by atoms with E-state index in [2.05, 4.69) is 290 Å². The van der Waals surface area contributed by atoms with E-state index in [-0.39, 0.29) is 77.9 Å². The number of benzene rings is 12. The summed E-state index contributed by atoms with van der Waals surface area (Å²) in [6.45, 7) is 23.6. The second-order valence-corrected chi connectivity index (χ2v) is 27.7. The summed E-state index contributed by atoms with van der Waals surface area (Å²) in [6.07, 6.45) is 1.93. The molecular weight excluding hydrogens is 1710 g/mol. The van der Waals surface area contributed by atoms with Crippen LogP contribution in [0, 0.1) is 100 Å². The maximum Gasteiger partial charge on any atom is 0.159 e. The molecule has 0 aliphatic rings. The van der Waals surface area contributed by atoms with Gasteiger partial charge >= 0.3 is 0 Å². The minimum absolute atomic E-state index is 0. The van der Waals surface area contributed by atoms with Gasteiger partial charge in [0.05, 0.1) is 30.0 Å². The van der Waals surface area contributed by atoms with Crippen LogP contribution in [0.5, 0.6) is 0 Å². The molecule has 4 aromatic heterocycles. The van der Waals surface area contributed by atoms with Crippen LogP contribution in [0.1, 0.15) is 61.6 Å². The minimum atomic E-state index is 0. The van der Waals surface area contributed by atoms with Crippen molar-refractivity contribution in [3.8, 4) is 128 Å². The molecule has 0 unspecified atom stereocenters. The van der Waals surface area contributed by atoms with E-state index in [0.717, 1.165) is 67.3 Å². The molecule has 0 aliphatic heterocycles. The van der Waals surface area contributed by atoms with E-state index < -0.39 is 0 Å². The molecule has 12 aromatic carbocycles. The Morgan fingerprint density at radius 1 is 0.349 bits per heavy atom. The van der Waals surface area contributed by atoms with Crippen molar-refractivity contribution in [2.45, 2.75) is 76.2 Å². The van der Waals surface area contributed by atoms with Gasteiger partial charge in [0.1, 0.15) is 23.5 Å². The van der Waals surface area contributed by atoms with Gasteiger partial charge in [-0.25, -0.2) is 0 Å². The normalized spacial score (nSPS) is 10.5. The molecule has 16 aromatic rings. The first kappa shape index (κ1) is 83.4. The number of thiazole rings is 1. The number of hydrogen-bond donors (Lipinski definition) is 0. The molecule has 0 bridgehead atoms. The third kappa shape index (κ3) is 19.0. The summed E-state index contributed by atoms with van der Waals surface area (Å²) in [5.41, 5.74) is 34.0. The average Bonchev–Trinajstić information content (AvgIpc) is 1.69. The minimum Gasteiger partial charge on any atom is -0.481 e. The predicted molar refractivity (Wildman–Crippen MR) is 434 cm³/mol. The third-order valence-electron chi connectivity index (χ3n) is 19.0. The van der Waals surface area contributed by atoms with Gasteiger partial charge in [-0.1, -0.05) is 181 Å². The standard InChI is InChI=1S/C25H23N2.C24H20NO.C24H20NS.C23H21N3.4Rh/c1-17-15-22(20-11-7-5-8-12-20)16-18(2)23(17)24-19(3)26-25(27(24)4)21-13-9-6-10-14-21;2*1-16-14-21(19-10-6-4-7-11-19)15-17(2)22(16)23-18(3)25-24(26-23)20-12-8-5-9-13-20;1-17-14-20(19-10-6-4-7-11-19)15-18(2)23(17)22-16-24-26(25(22)3)21-12-8-5-9-13-21;;;;/h5-13,15-16H,1-4H3;2*4-12,14-15H,1-3H3;4-12,14-16H,1-3H3;;;;/q3*-1;;;;;. The van der Waals surface area contributed by atoms with Crippen molar-refractivity contribution in [2.24, 2.45) is 14.1 Å². The van der Waals surface area contributed by atoms with Crippen LogP contribution in [0.2, 0.25) is 0 Å². The van der Waals surface area contributed by atoms with E-state index in [1.807, 2.05) is 122 Å². The zero-order chi connectivity index (χ0) is 73.3. The van der Waals surface area contributed by atoms with Gasteiger partial charge in [0.2, 0.25) is 0 Å². The molecule has 0 N–H and O–H groups in total. The molecule has 16 rings (SSSR count). The Hall–Kier alpha value is -9.68. The number of aryl methyl sites for hydroxylation is 11. The fraction of sp³-hybridized carbons (Fsp3) is 0.135. The van der Waals surface area contributed by atoms with E-state index in [9.17, 15) is 0 Å². The van der Waals surface area contributed by atoms with Crippen LogP contribution in [0.25, 0.3) is 128 Å². The first-order chi connectivity index (χ1) is 51.0. The summed E-state index contributed by atoms with van der Waals surface area (Å²) in [5, 5.41) is 5.61. The van der Waals surface area contributed by atoms with Gasteiger partial charge in [-0.15, -0.1) is 113 Å². The Labute approximate surface area is 698 Å². The van der Waals surface area contributed by atoms with E-state index in [0.29, 0.717) is 5.89 Å². The van der Waals surface area contributed by atoms with Crippen LogP contribution in [-0.2, 0) is 92.0 Å². The molecule has 0 amide bonds. The SMILES string of the molecule is Cc1cc(-c2ccccc2)cc(C)c1-c1c(C)nc(-c2[c-]cccc2)n1C.Cc1cc(-c2ccccc2)cc(C)c1-c1cn[n+](-c2[c-]cccc2)n1C.Cc1cc(-c2ccccc2)cc(C)c1-c1oc(-c2[c-]cccc2)nc1C.Cc1cc(-c2ccccc2)cc(C)c1-c1sc(-c2[c-]cccc2)nc1C.[Rh].[Rh].[Rh].[Rh]. The third-order valence-corrected chi connectivity index (χ3v) is 20.2. The Bertz CT molecular complexity index is 5280. The number of para-hydroxylation sites is 1. The molecule has 0 saturated carbocycles. The number of hydrogen-bond acceptors (Lipinski definition) is 6. The summed E-state index contributed by atoms with van der Waals surface area (Å²) < 4.78 is 10.4. The fourth-order valence-corrected chi connectivity index (χ4v) is 15.4. The second kappa shape index (κ2) is 38.1. The van der Waals surface area contributed by atoms with Crippen molar-refractivity contribution < 1.29 is 87.1 Å². The van der Waals surface area contributed by atoms with Crippen molar-refractivity contribution in [1.29, 1.82) is 0 Å².